The minimum absolute atomic E-state index is 0.0127. The SMILES string of the molecule is CCC(=O)N1c2ccccc2[C@H](Nc2ccc(NC(=O)CN(CC(=O)O)C(=O)OCCC3c4ccccc4-c4ccccc43)cc2)C[C@@H]1C. The Morgan fingerprint density at radius 2 is 1.41 bits per heavy atom. The third kappa shape index (κ3) is 7.28. The summed E-state index contributed by atoms with van der Waals surface area (Å²) >= 11 is 0. The van der Waals surface area contributed by atoms with Crippen molar-refractivity contribution in [1.82, 2.24) is 4.90 Å². The number of anilines is 3. The van der Waals surface area contributed by atoms with Crippen molar-refractivity contribution < 1.29 is 29.0 Å². The number of nitrogens with one attached hydrogen (secondary N) is 2. The molecular formula is C39H40N4O6. The van der Waals surface area contributed by atoms with Crippen molar-refractivity contribution >= 4 is 40.9 Å². The normalized spacial score (nSPS) is 16.2. The predicted molar refractivity (Wildman–Crippen MR) is 189 cm³/mol. The minimum Gasteiger partial charge on any atom is -0.480 e. The lowest BCUT2D eigenvalue weighted by Crippen LogP contribution is -2.44. The summed E-state index contributed by atoms with van der Waals surface area (Å²) in [7, 11) is 0. The first-order valence-electron chi connectivity index (χ1n) is 16.6. The van der Waals surface area contributed by atoms with Crippen molar-refractivity contribution in [2.75, 3.05) is 35.2 Å². The number of carbonyl (C=O) groups excluding carboxylic acids is 3. The molecule has 0 radical (unpaired) electrons. The number of amides is 3. The van der Waals surface area contributed by atoms with Crippen molar-refractivity contribution in [1.29, 1.82) is 0 Å². The largest absolute Gasteiger partial charge is 0.480 e. The van der Waals surface area contributed by atoms with E-state index in [-0.39, 0.29) is 30.5 Å². The van der Waals surface area contributed by atoms with Crippen LogP contribution in [-0.2, 0) is 19.1 Å². The van der Waals surface area contributed by atoms with Gasteiger partial charge in [0.1, 0.15) is 13.1 Å². The Kier molecular flexibility index (Phi) is 9.94. The molecule has 6 rings (SSSR count). The molecule has 0 fully saturated rings. The highest BCUT2D eigenvalue weighted by atomic mass is 16.6. The van der Waals surface area contributed by atoms with E-state index in [2.05, 4.69) is 34.9 Å². The Bertz CT molecular complexity index is 1810. The number of fused-ring (bicyclic) bond motifs is 4. The number of carboxylic acid groups (broad SMARTS) is 1. The van der Waals surface area contributed by atoms with Gasteiger partial charge in [0.2, 0.25) is 11.8 Å². The van der Waals surface area contributed by atoms with Gasteiger partial charge in [0.15, 0.2) is 0 Å². The third-order valence-electron chi connectivity index (χ3n) is 9.18. The highest BCUT2D eigenvalue weighted by Crippen LogP contribution is 2.46. The second kappa shape index (κ2) is 14.6. The minimum atomic E-state index is -1.25. The molecule has 3 amide bonds. The molecule has 4 aromatic carbocycles. The van der Waals surface area contributed by atoms with Crippen LogP contribution in [0.5, 0.6) is 0 Å². The maximum Gasteiger partial charge on any atom is 0.410 e. The fourth-order valence-electron chi connectivity index (χ4n) is 7.00. The predicted octanol–water partition coefficient (Wildman–Crippen LogP) is 7.04. The topological polar surface area (TPSA) is 128 Å². The van der Waals surface area contributed by atoms with Gasteiger partial charge in [0, 0.05) is 35.4 Å². The van der Waals surface area contributed by atoms with Crippen molar-refractivity contribution in [3.63, 3.8) is 0 Å². The molecule has 0 bridgehead atoms. The first-order chi connectivity index (χ1) is 23.7. The highest BCUT2D eigenvalue weighted by molar-refractivity contribution is 5.96. The van der Waals surface area contributed by atoms with E-state index in [0.29, 0.717) is 18.5 Å². The van der Waals surface area contributed by atoms with Crippen molar-refractivity contribution in [3.05, 3.63) is 114 Å². The second-order valence-electron chi connectivity index (χ2n) is 12.5. The molecule has 1 aliphatic heterocycles. The van der Waals surface area contributed by atoms with Gasteiger partial charge in [0.05, 0.1) is 12.6 Å². The van der Waals surface area contributed by atoms with Gasteiger partial charge < -0.3 is 25.4 Å². The summed E-state index contributed by atoms with van der Waals surface area (Å²) in [6.07, 6.45) is 0.828. The summed E-state index contributed by atoms with van der Waals surface area (Å²) in [6.45, 7) is 2.83. The van der Waals surface area contributed by atoms with E-state index < -0.39 is 31.1 Å². The lowest BCUT2D eigenvalue weighted by atomic mass is 9.91. The van der Waals surface area contributed by atoms with Crippen LogP contribution in [0.15, 0.2) is 97.1 Å². The van der Waals surface area contributed by atoms with Crippen LogP contribution in [0.3, 0.4) is 0 Å². The third-order valence-corrected chi connectivity index (χ3v) is 9.18. The summed E-state index contributed by atoms with van der Waals surface area (Å²) in [5.74, 6) is -1.66. The summed E-state index contributed by atoms with van der Waals surface area (Å²) < 4.78 is 5.51. The average molecular weight is 661 g/mol. The van der Waals surface area contributed by atoms with Crippen LogP contribution in [0.2, 0.25) is 0 Å². The van der Waals surface area contributed by atoms with Crippen LogP contribution in [0.25, 0.3) is 11.1 Å². The van der Waals surface area contributed by atoms with E-state index in [0.717, 1.165) is 50.5 Å². The molecule has 1 heterocycles. The smallest absolute Gasteiger partial charge is 0.410 e. The van der Waals surface area contributed by atoms with Gasteiger partial charge in [-0.3, -0.25) is 19.3 Å². The first kappa shape index (κ1) is 33.3. The van der Waals surface area contributed by atoms with Gasteiger partial charge in [0.25, 0.3) is 0 Å². The quantitative estimate of drug-likeness (QED) is 0.157. The molecule has 10 heteroatoms. The fraction of sp³-hybridized carbons (Fsp3) is 0.282. The Hall–Kier alpha value is -5.64. The van der Waals surface area contributed by atoms with Crippen molar-refractivity contribution in [2.45, 2.75) is 51.1 Å². The van der Waals surface area contributed by atoms with Gasteiger partial charge in [-0.2, -0.15) is 0 Å². The average Bonchev–Trinajstić information content (AvgIpc) is 3.42. The van der Waals surface area contributed by atoms with Gasteiger partial charge in [-0.25, -0.2) is 4.79 Å². The number of nitrogens with zero attached hydrogens (tertiary/aromatic N) is 2. The zero-order chi connectivity index (χ0) is 34.5. The number of para-hydroxylation sites is 1. The zero-order valence-corrected chi connectivity index (χ0v) is 27.6. The van der Waals surface area contributed by atoms with E-state index in [1.165, 1.54) is 0 Å². The van der Waals surface area contributed by atoms with E-state index in [4.69, 9.17) is 4.74 Å². The van der Waals surface area contributed by atoms with Gasteiger partial charge >= 0.3 is 12.1 Å². The molecular weight excluding hydrogens is 620 g/mol. The fourth-order valence-corrected chi connectivity index (χ4v) is 7.00. The number of hydrogen-bond acceptors (Lipinski definition) is 6. The summed E-state index contributed by atoms with van der Waals surface area (Å²) in [5.41, 5.74) is 7.93. The number of aliphatic carboxylic acids is 1. The number of carboxylic acids is 1. The van der Waals surface area contributed by atoms with Crippen molar-refractivity contribution in [3.8, 4) is 11.1 Å². The van der Waals surface area contributed by atoms with Crippen molar-refractivity contribution in [2.24, 2.45) is 0 Å². The molecule has 0 saturated carbocycles. The summed E-state index contributed by atoms with van der Waals surface area (Å²) in [6, 6.07) is 31.4. The zero-order valence-electron chi connectivity index (χ0n) is 27.6. The molecule has 2 atom stereocenters. The number of rotatable bonds is 11. The van der Waals surface area contributed by atoms with Crippen LogP contribution < -0.4 is 15.5 Å². The number of carbonyl (C=O) groups is 4. The molecule has 252 valence electrons. The molecule has 0 aromatic heterocycles. The van der Waals surface area contributed by atoms with Gasteiger partial charge in [-0.1, -0.05) is 73.7 Å². The lowest BCUT2D eigenvalue weighted by molar-refractivity contribution is -0.138. The van der Waals surface area contributed by atoms with Crippen LogP contribution >= 0.6 is 0 Å². The monoisotopic (exact) mass is 660 g/mol. The number of hydrogen-bond donors (Lipinski definition) is 3. The highest BCUT2D eigenvalue weighted by Gasteiger charge is 2.33. The summed E-state index contributed by atoms with van der Waals surface area (Å²) in [4.78, 5) is 52.9. The van der Waals surface area contributed by atoms with E-state index in [9.17, 15) is 24.3 Å². The van der Waals surface area contributed by atoms with Crippen LogP contribution in [0, 0.1) is 0 Å². The van der Waals surface area contributed by atoms with E-state index in [1.807, 2.05) is 79.4 Å². The van der Waals surface area contributed by atoms with Crippen LogP contribution in [0.1, 0.15) is 61.8 Å². The first-order valence-corrected chi connectivity index (χ1v) is 16.6. The number of ether oxygens (including phenoxy) is 1. The van der Waals surface area contributed by atoms with Crippen LogP contribution in [-0.4, -0.2) is 59.6 Å². The molecule has 49 heavy (non-hydrogen) atoms. The van der Waals surface area contributed by atoms with E-state index in [1.54, 1.807) is 12.1 Å². The van der Waals surface area contributed by atoms with Gasteiger partial charge in [-0.05, 0) is 77.9 Å². The molecule has 10 nitrogen and oxygen atoms in total. The maximum absolute atomic E-state index is 13.0. The van der Waals surface area contributed by atoms with Gasteiger partial charge in [-0.15, -0.1) is 0 Å². The molecule has 1 aliphatic carbocycles. The molecule has 4 aromatic rings. The molecule has 3 N–H and O–H groups in total. The molecule has 0 spiro atoms. The Labute approximate surface area is 285 Å². The summed E-state index contributed by atoms with van der Waals surface area (Å²) in [5, 5.41) is 15.7. The molecule has 2 aliphatic rings. The maximum atomic E-state index is 13.0. The Balaban J connectivity index is 1.04. The standard InChI is InChI=1S/C39H40N4O6/c1-3-37(45)43-25(2)22-34(33-14-8-9-15-35(33)43)40-26-16-18-27(19-17-26)41-36(44)23-42(24-38(46)47)39(48)49-21-20-32-30-12-6-4-10-28(30)29-11-5-7-13-31(29)32/h4-19,25,32,34,40H,3,20-24H2,1-2H3,(H,41,44)(H,46,47)/t25-,34+/m0/s1. The molecule has 0 saturated heterocycles. The van der Waals surface area contributed by atoms with Crippen LogP contribution in [0.4, 0.5) is 21.9 Å². The lowest BCUT2D eigenvalue weighted by Gasteiger charge is -2.40. The van der Waals surface area contributed by atoms with E-state index >= 15 is 0 Å². The Morgan fingerprint density at radius 1 is 0.816 bits per heavy atom. The second-order valence-corrected chi connectivity index (χ2v) is 12.5. The molecule has 0 unspecified atom stereocenters. The number of benzene rings is 4. The Morgan fingerprint density at radius 3 is 2.04 bits per heavy atom.